The summed E-state index contributed by atoms with van der Waals surface area (Å²) >= 11 is 0. The highest BCUT2D eigenvalue weighted by Crippen LogP contribution is 2.32. The van der Waals surface area contributed by atoms with Gasteiger partial charge < -0.3 is 0 Å². The van der Waals surface area contributed by atoms with Crippen molar-refractivity contribution in [3.8, 4) is 33.4 Å². The second-order valence-electron chi connectivity index (χ2n) is 9.83. The van der Waals surface area contributed by atoms with Gasteiger partial charge in [-0.25, -0.2) is 0 Å². The summed E-state index contributed by atoms with van der Waals surface area (Å²) in [5.74, 6) is 0. The van der Waals surface area contributed by atoms with E-state index >= 15 is 0 Å². The molecule has 0 aromatic heterocycles. The summed E-state index contributed by atoms with van der Waals surface area (Å²) < 4.78 is 0. The van der Waals surface area contributed by atoms with Crippen LogP contribution in [0.3, 0.4) is 0 Å². The first kappa shape index (κ1) is 17.1. The van der Waals surface area contributed by atoms with Crippen molar-refractivity contribution in [2.75, 3.05) is 0 Å². The van der Waals surface area contributed by atoms with Crippen LogP contribution in [0, 0.1) is 10.4 Å². The van der Waals surface area contributed by atoms with Gasteiger partial charge >= 0.3 is 0 Å². The number of rotatable bonds is 0. The van der Waals surface area contributed by atoms with E-state index in [1.54, 1.807) is 0 Å². The topological polar surface area (TPSA) is 0 Å². The maximum Gasteiger partial charge on any atom is -0.00984 e. The van der Waals surface area contributed by atoms with Gasteiger partial charge in [0.15, 0.2) is 0 Å². The van der Waals surface area contributed by atoms with Crippen molar-refractivity contribution in [3.63, 3.8) is 0 Å². The maximum atomic E-state index is 2.41. The standard InChI is InChI=1S/C34H18/c1-3-7-27-20(6-1)10-23-15-30-25(14-29(23)27)13-26-17-32-24(16-31(26)30)12-22-11-21-9-19-5-2-4-8-28(19)33(21)18-34(22)32/h1-18H. The average molecular weight is 427 g/mol. The first-order valence-electron chi connectivity index (χ1n) is 11.9. The lowest BCUT2D eigenvalue weighted by Gasteiger charge is -2.04. The number of hydrogen-bond acceptors (Lipinski definition) is 0. The van der Waals surface area contributed by atoms with Crippen LogP contribution in [-0.2, 0) is 0 Å². The smallest absolute Gasteiger partial charge is 0.00984 e. The Morgan fingerprint density at radius 1 is 0.294 bits per heavy atom. The van der Waals surface area contributed by atoms with Crippen molar-refractivity contribution in [1.82, 2.24) is 0 Å². The summed E-state index contributed by atoms with van der Waals surface area (Å²) in [6.07, 6.45) is 9.39. The molecule has 0 saturated carbocycles. The van der Waals surface area contributed by atoms with Crippen molar-refractivity contribution < 1.29 is 0 Å². The molecule has 0 fully saturated rings. The lowest BCUT2D eigenvalue weighted by atomic mass is 9.99. The molecule has 5 aromatic carbocycles. The summed E-state index contributed by atoms with van der Waals surface area (Å²) in [6.45, 7) is 0. The molecule has 9 rings (SSSR count). The minimum atomic E-state index is 1.32. The third-order valence-corrected chi connectivity index (χ3v) is 7.99. The molecule has 154 valence electrons. The van der Waals surface area contributed by atoms with E-state index in [1.807, 2.05) is 0 Å². The van der Waals surface area contributed by atoms with Crippen LogP contribution in [-0.4, -0.2) is 0 Å². The van der Waals surface area contributed by atoms with Gasteiger partial charge in [-0.2, -0.15) is 0 Å². The molecule has 34 heavy (non-hydrogen) atoms. The first-order valence-corrected chi connectivity index (χ1v) is 11.9. The molecule has 0 aliphatic heterocycles. The van der Waals surface area contributed by atoms with Gasteiger partial charge in [0.25, 0.3) is 0 Å². The van der Waals surface area contributed by atoms with Gasteiger partial charge in [0.2, 0.25) is 0 Å². The maximum absolute atomic E-state index is 2.41. The zero-order valence-corrected chi connectivity index (χ0v) is 18.4. The fraction of sp³-hybridized carbons (Fsp3) is 0. The highest BCUT2D eigenvalue weighted by Gasteiger charge is 2.19. The third-order valence-electron chi connectivity index (χ3n) is 7.99. The number of hydrogen-bond donors (Lipinski definition) is 0. The predicted molar refractivity (Wildman–Crippen MR) is 140 cm³/mol. The van der Waals surface area contributed by atoms with Crippen molar-refractivity contribution >= 4 is 24.3 Å². The molecule has 0 spiro atoms. The highest BCUT2D eigenvalue weighted by molar-refractivity contribution is 5.90. The molecule has 4 aliphatic rings. The number of benzene rings is 5. The van der Waals surface area contributed by atoms with Crippen LogP contribution < -0.4 is 20.9 Å². The van der Waals surface area contributed by atoms with Gasteiger partial charge in [0.1, 0.15) is 0 Å². The molecule has 5 aromatic rings. The van der Waals surface area contributed by atoms with Crippen molar-refractivity contribution in [3.05, 3.63) is 138 Å². The van der Waals surface area contributed by atoms with Crippen LogP contribution in [0.15, 0.2) is 84.9 Å². The molecular formula is C34H18. The Kier molecular flexibility index (Phi) is 2.88. The van der Waals surface area contributed by atoms with E-state index in [9.17, 15) is 0 Å². The SMILES string of the molecule is C1=c2cc3c(cc2-c2ccccc21)=Cc1cc2c(cc1-3)=Cc1cc3c(cc1=2)-c1ccccc1C=3. The van der Waals surface area contributed by atoms with E-state index < -0.39 is 0 Å². The summed E-state index contributed by atoms with van der Waals surface area (Å²) in [4.78, 5) is 0. The van der Waals surface area contributed by atoms with E-state index in [4.69, 9.17) is 0 Å². The average Bonchev–Trinajstić information content (AvgIpc) is 3.59. The molecule has 0 heterocycles. The predicted octanol–water partition coefficient (Wildman–Crippen LogP) is 4.54. The second kappa shape index (κ2) is 5.73. The fourth-order valence-corrected chi connectivity index (χ4v) is 6.42. The van der Waals surface area contributed by atoms with E-state index in [-0.39, 0.29) is 0 Å². The second-order valence-corrected chi connectivity index (χ2v) is 9.83. The Morgan fingerprint density at radius 2 is 0.824 bits per heavy atom. The quantitative estimate of drug-likeness (QED) is 0.334. The largest absolute Gasteiger partial charge is 0.0616 e. The molecular weight excluding hydrogens is 408 g/mol. The molecule has 0 radical (unpaired) electrons. The summed E-state index contributed by atoms with van der Waals surface area (Å²) in [5, 5.41) is 8.05. The van der Waals surface area contributed by atoms with Gasteiger partial charge in [-0.05, 0) is 148 Å². The molecule has 0 amide bonds. The van der Waals surface area contributed by atoms with E-state index in [2.05, 4.69) is 109 Å². The van der Waals surface area contributed by atoms with Gasteiger partial charge in [0, 0.05) is 0 Å². The summed E-state index contributed by atoms with van der Waals surface area (Å²) in [7, 11) is 0. The van der Waals surface area contributed by atoms with Crippen molar-refractivity contribution in [2.45, 2.75) is 0 Å². The van der Waals surface area contributed by atoms with Crippen LogP contribution in [0.5, 0.6) is 0 Å². The Morgan fingerprint density at radius 3 is 1.56 bits per heavy atom. The molecule has 0 heteroatoms. The molecule has 4 aliphatic carbocycles. The van der Waals surface area contributed by atoms with Gasteiger partial charge in [-0.15, -0.1) is 0 Å². The zero-order valence-electron chi connectivity index (χ0n) is 18.4. The van der Waals surface area contributed by atoms with E-state index in [0.29, 0.717) is 0 Å². The van der Waals surface area contributed by atoms with Crippen LogP contribution in [0.4, 0.5) is 0 Å². The van der Waals surface area contributed by atoms with Crippen LogP contribution in [0.2, 0.25) is 0 Å². The zero-order chi connectivity index (χ0) is 22.0. The Balaban J connectivity index is 1.30. The summed E-state index contributed by atoms with van der Waals surface area (Å²) in [6, 6.07) is 31.8. The fourth-order valence-electron chi connectivity index (χ4n) is 6.42. The van der Waals surface area contributed by atoms with Crippen LogP contribution in [0.1, 0.15) is 22.3 Å². The van der Waals surface area contributed by atoms with Crippen LogP contribution in [0.25, 0.3) is 57.7 Å². The van der Waals surface area contributed by atoms with Gasteiger partial charge in [-0.3, -0.25) is 0 Å². The van der Waals surface area contributed by atoms with Gasteiger partial charge in [0.05, 0.1) is 0 Å². The number of fused-ring (bicyclic) bond motifs is 11. The molecule has 0 nitrogen and oxygen atoms in total. The Hall–Kier alpha value is -4.42. The molecule has 0 atom stereocenters. The minimum absolute atomic E-state index is 1.32. The normalized spacial score (nSPS) is 13.6. The molecule has 0 unspecified atom stereocenters. The third kappa shape index (κ3) is 2.05. The van der Waals surface area contributed by atoms with Crippen molar-refractivity contribution in [1.29, 1.82) is 0 Å². The monoisotopic (exact) mass is 426 g/mol. The lowest BCUT2D eigenvalue weighted by molar-refractivity contribution is 1.46. The molecule has 0 N–H and O–H groups in total. The molecule has 0 bridgehead atoms. The Bertz CT molecular complexity index is 2160. The van der Waals surface area contributed by atoms with Crippen molar-refractivity contribution in [2.24, 2.45) is 0 Å². The van der Waals surface area contributed by atoms with Crippen LogP contribution >= 0.6 is 0 Å². The summed E-state index contributed by atoms with van der Waals surface area (Å²) in [5.41, 5.74) is 13.4. The van der Waals surface area contributed by atoms with E-state index in [1.165, 1.54) is 86.9 Å². The Labute approximate surface area is 196 Å². The first-order chi connectivity index (χ1) is 16.8. The highest BCUT2D eigenvalue weighted by atomic mass is 14.2. The molecule has 0 saturated heterocycles. The minimum Gasteiger partial charge on any atom is -0.0616 e. The van der Waals surface area contributed by atoms with Gasteiger partial charge in [-0.1, -0.05) is 48.5 Å². The lowest BCUT2D eigenvalue weighted by Crippen LogP contribution is -2.11. The van der Waals surface area contributed by atoms with E-state index in [0.717, 1.165) is 0 Å².